The van der Waals surface area contributed by atoms with E-state index < -0.39 is 47.3 Å². The number of carbonyl (C=O) groups excluding carboxylic acids is 2. The van der Waals surface area contributed by atoms with E-state index in [2.05, 4.69) is 25.7 Å². The average molecular weight is 690 g/mol. The van der Waals surface area contributed by atoms with Gasteiger partial charge in [0.25, 0.3) is 5.91 Å². The van der Waals surface area contributed by atoms with Crippen LogP contribution >= 0.6 is 0 Å². The molecule has 2 aromatic carbocycles. The first-order valence-electron chi connectivity index (χ1n) is 15.2. The maximum atomic E-state index is 13.6. The lowest BCUT2D eigenvalue weighted by molar-refractivity contribution is -0.141. The van der Waals surface area contributed by atoms with Crippen LogP contribution in [0.3, 0.4) is 0 Å². The van der Waals surface area contributed by atoms with Crippen molar-refractivity contribution in [1.82, 2.24) is 30.4 Å². The van der Waals surface area contributed by atoms with Crippen molar-refractivity contribution in [1.29, 1.82) is 0 Å². The van der Waals surface area contributed by atoms with Crippen LogP contribution < -0.4 is 15.5 Å². The highest BCUT2D eigenvalue weighted by Crippen LogP contribution is 2.35. The normalized spacial score (nSPS) is 14.2. The minimum Gasteiger partial charge on any atom is -0.444 e. The van der Waals surface area contributed by atoms with Crippen LogP contribution in [-0.2, 0) is 36.7 Å². The van der Waals surface area contributed by atoms with Gasteiger partial charge in [-0.15, -0.1) is 0 Å². The topological polar surface area (TPSA) is 114 Å². The molecule has 0 fully saturated rings. The Balaban J connectivity index is 1.28. The van der Waals surface area contributed by atoms with Crippen LogP contribution in [-0.4, -0.2) is 43.9 Å². The SMILES string of the molecule is C[C@@H](NC(=O)c1cncc(N2CCn3nc(C(F)(F)F)cc3C2)n1)c1ccc(-c2cc(C(F)(F)F)ccc2CNC(=O)OC(C)(C)C)cc1. The molecular formula is C33H33F6N7O3. The number of benzene rings is 2. The quantitative estimate of drug-likeness (QED) is 0.203. The summed E-state index contributed by atoms with van der Waals surface area (Å²) >= 11 is 0. The summed E-state index contributed by atoms with van der Waals surface area (Å²) in [6.07, 6.45) is -7.17. The molecule has 2 N–H and O–H groups in total. The largest absolute Gasteiger partial charge is 0.444 e. The number of carbonyl (C=O) groups is 2. The van der Waals surface area contributed by atoms with Gasteiger partial charge in [-0.2, -0.15) is 31.4 Å². The van der Waals surface area contributed by atoms with E-state index in [0.29, 0.717) is 34.7 Å². The Bertz CT molecular complexity index is 1830. The molecule has 260 valence electrons. The van der Waals surface area contributed by atoms with Crippen LogP contribution in [0, 0.1) is 0 Å². The zero-order chi connectivity index (χ0) is 35.7. The van der Waals surface area contributed by atoms with Crippen molar-refractivity contribution < 1.29 is 40.7 Å². The summed E-state index contributed by atoms with van der Waals surface area (Å²) < 4.78 is 86.7. The summed E-state index contributed by atoms with van der Waals surface area (Å²) in [6, 6.07) is 10.3. The van der Waals surface area contributed by atoms with Crippen molar-refractivity contribution in [2.75, 3.05) is 11.4 Å². The highest BCUT2D eigenvalue weighted by atomic mass is 19.4. The number of fused-ring (bicyclic) bond motifs is 1. The molecule has 5 rings (SSSR count). The average Bonchev–Trinajstić information content (AvgIpc) is 3.47. The summed E-state index contributed by atoms with van der Waals surface area (Å²) in [6.45, 7) is 7.31. The fourth-order valence-electron chi connectivity index (χ4n) is 5.18. The molecule has 4 aromatic rings. The molecular weight excluding hydrogens is 656 g/mol. The maximum absolute atomic E-state index is 13.6. The Morgan fingerprint density at radius 1 is 0.939 bits per heavy atom. The molecule has 0 saturated heterocycles. The first-order valence-corrected chi connectivity index (χ1v) is 15.2. The second-order valence-corrected chi connectivity index (χ2v) is 12.5. The number of hydrogen-bond donors (Lipinski definition) is 2. The molecule has 0 bridgehead atoms. The van der Waals surface area contributed by atoms with E-state index in [1.165, 1.54) is 23.1 Å². The van der Waals surface area contributed by atoms with Crippen LogP contribution in [0.1, 0.15) is 72.3 Å². The molecule has 16 heteroatoms. The van der Waals surface area contributed by atoms with Gasteiger partial charge in [0.1, 0.15) is 17.1 Å². The Hall–Kier alpha value is -5.15. The van der Waals surface area contributed by atoms with Gasteiger partial charge in [0.15, 0.2) is 5.69 Å². The summed E-state index contributed by atoms with van der Waals surface area (Å²) in [5.74, 6) is -0.246. The van der Waals surface area contributed by atoms with Crippen LogP contribution in [0.2, 0.25) is 0 Å². The van der Waals surface area contributed by atoms with Crippen LogP contribution in [0.25, 0.3) is 11.1 Å². The van der Waals surface area contributed by atoms with Gasteiger partial charge in [0, 0.05) is 13.1 Å². The predicted molar refractivity (Wildman–Crippen MR) is 166 cm³/mol. The number of nitrogens with one attached hydrogen (secondary N) is 2. The first-order chi connectivity index (χ1) is 22.9. The summed E-state index contributed by atoms with van der Waals surface area (Å²) in [5, 5.41) is 9.02. The lowest BCUT2D eigenvalue weighted by Crippen LogP contribution is -2.35. The molecule has 10 nitrogen and oxygen atoms in total. The molecule has 49 heavy (non-hydrogen) atoms. The van der Waals surface area contributed by atoms with Gasteiger partial charge >= 0.3 is 18.4 Å². The number of ether oxygens (including phenoxy) is 1. The lowest BCUT2D eigenvalue weighted by Gasteiger charge is -2.28. The van der Waals surface area contributed by atoms with Gasteiger partial charge in [0.05, 0.1) is 42.8 Å². The number of halogens is 6. The van der Waals surface area contributed by atoms with E-state index in [4.69, 9.17) is 4.74 Å². The zero-order valence-corrected chi connectivity index (χ0v) is 26.9. The van der Waals surface area contributed by atoms with Crippen molar-refractivity contribution in [3.05, 3.63) is 94.7 Å². The maximum Gasteiger partial charge on any atom is 0.435 e. The molecule has 0 radical (unpaired) electrons. The predicted octanol–water partition coefficient (Wildman–Crippen LogP) is 6.91. The number of nitrogens with zero attached hydrogens (tertiary/aromatic N) is 5. The molecule has 1 aliphatic heterocycles. The molecule has 1 atom stereocenters. The summed E-state index contributed by atoms with van der Waals surface area (Å²) in [7, 11) is 0. The molecule has 1 aliphatic rings. The third kappa shape index (κ3) is 8.66. The Morgan fingerprint density at radius 2 is 1.65 bits per heavy atom. The van der Waals surface area contributed by atoms with Gasteiger partial charge in [-0.3, -0.25) is 14.5 Å². The smallest absolute Gasteiger partial charge is 0.435 e. The minimum absolute atomic E-state index is 0.0119. The Morgan fingerprint density at radius 3 is 2.31 bits per heavy atom. The molecule has 2 amide bonds. The number of anilines is 1. The number of alkyl carbamates (subject to hydrolysis) is 1. The third-order valence-corrected chi connectivity index (χ3v) is 7.60. The number of amides is 2. The molecule has 0 aliphatic carbocycles. The second-order valence-electron chi connectivity index (χ2n) is 12.5. The van der Waals surface area contributed by atoms with Gasteiger partial charge in [-0.05, 0) is 68.1 Å². The number of aromatic nitrogens is 4. The van der Waals surface area contributed by atoms with Crippen molar-refractivity contribution in [3.8, 4) is 11.1 Å². The van der Waals surface area contributed by atoms with E-state index in [1.54, 1.807) is 56.9 Å². The molecule has 0 spiro atoms. The number of rotatable bonds is 7. The molecule has 0 saturated carbocycles. The van der Waals surface area contributed by atoms with E-state index >= 15 is 0 Å². The fourth-order valence-corrected chi connectivity index (χ4v) is 5.18. The zero-order valence-electron chi connectivity index (χ0n) is 26.9. The molecule has 3 heterocycles. The highest BCUT2D eigenvalue weighted by Gasteiger charge is 2.36. The number of hydrogen-bond acceptors (Lipinski definition) is 7. The van der Waals surface area contributed by atoms with Crippen LogP contribution in [0.5, 0.6) is 0 Å². The van der Waals surface area contributed by atoms with E-state index in [-0.39, 0.29) is 30.9 Å². The van der Waals surface area contributed by atoms with Gasteiger partial charge in [-0.1, -0.05) is 30.3 Å². The van der Waals surface area contributed by atoms with Crippen molar-refractivity contribution in [3.63, 3.8) is 0 Å². The van der Waals surface area contributed by atoms with E-state index in [0.717, 1.165) is 18.2 Å². The monoisotopic (exact) mass is 689 g/mol. The lowest BCUT2D eigenvalue weighted by atomic mass is 9.95. The first kappa shape index (κ1) is 35.2. The van der Waals surface area contributed by atoms with Gasteiger partial charge in [0.2, 0.25) is 0 Å². The number of alkyl halides is 6. The third-order valence-electron chi connectivity index (χ3n) is 7.60. The van der Waals surface area contributed by atoms with Gasteiger partial charge < -0.3 is 20.3 Å². The fraction of sp³-hybridized carbons (Fsp3) is 0.364. The standard InChI is InChI=1S/C33H33F6N7O3/c1-19(42-29(47)26-16-40-17-28(43-26)45-11-12-46-24(18-45)14-27(44-46)33(37,38)39)20-5-7-21(8-6-20)25-13-23(32(34,35)36)10-9-22(25)15-41-30(48)49-31(2,3)4/h5-10,13-14,16-17,19H,11-12,15,18H2,1-4H3,(H,41,48)(H,42,47)/t19-/m1/s1. The van der Waals surface area contributed by atoms with Crippen molar-refractivity contribution in [2.45, 2.75) is 71.3 Å². The molecule has 0 unspecified atom stereocenters. The van der Waals surface area contributed by atoms with E-state index in [9.17, 15) is 35.9 Å². The molecule has 2 aromatic heterocycles. The van der Waals surface area contributed by atoms with Crippen LogP contribution in [0.15, 0.2) is 60.9 Å². The van der Waals surface area contributed by atoms with Crippen molar-refractivity contribution in [2.24, 2.45) is 0 Å². The Labute approximate surface area is 277 Å². The highest BCUT2D eigenvalue weighted by molar-refractivity contribution is 5.92. The minimum atomic E-state index is -4.59. The van der Waals surface area contributed by atoms with E-state index in [1.807, 2.05) is 0 Å². The van der Waals surface area contributed by atoms with Crippen LogP contribution in [0.4, 0.5) is 37.0 Å². The van der Waals surface area contributed by atoms with Gasteiger partial charge in [-0.25, -0.2) is 9.78 Å². The van der Waals surface area contributed by atoms with Crippen molar-refractivity contribution >= 4 is 17.8 Å². The second kappa shape index (κ2) is 13.4. The Kier molecular flexibility index (Phi) is 9.61. The summed E-state index contributed by atoms with van der Waals surface area (Å²) in [5.41, 5.74) is -0.442. The summed E-state index contributed by atoms with van der Waals surface area (Å²) in [4.78, 5) is 35.5.